The number of methoxy groups -OCH3 is 1. The van der Waals surface area contributed by atoms with Crippen LogP contribution in [0.2, 0.25) is 0 Å². The number of benzene rings is 2. The van der Waals surface area contributed by atoms with Crippen LogP contribution in [0.3, 0.4) is 0 Å². The van der Waals surface area contributed by atoms with Crippen molar-refractivity contribution in [3.8, 4) is 11.5 Å². The SMILES string of the molecule is COCOc1ccc(C(=O)C=Cc2ccccc2)c(O)c1. The maximum absolute atomic E-state index is 12.1. The standard InChI is InChI=1S/C17H16O4/c1-20-12-21-14-8-9-15(17(19)11-14)16(18)10-7-13-5-3-2-4-6-13/h2-11,19H,12H2,1H3. The zero-order chi connectivity index (χ0) is 15.1. The summed E-state index contributed by atoms with van der Waals surface area (Å²) in [5, 5.41) is 9.88. The number of allylic oxidation sites excluding steroid dienone is 1. The van der Waals surface area contributed by atoms with Gasteiger partial charge in [0.2, 0.25) is 0 Å². The third-order valence-electron chi connectivity index (χ3n) is 2.80. The van der Waals surface area contributed by atoms with Crippen molar-refractivity contribution in [2.75, 3.05) is 13.9 Å². The van der Waals surface area contributed by atoms with Crippen LogP contribution in [0.1, 0.15) is 15.9 Å². The van der Waals surface area contributed by atoms with Gasteiger partial charge in [-0.3, -0.25) is 4.79 Å². The maximum atomic E-state index is 12.1. The van der Waals surface area contributed by atoms with Crippen molar-refractivity contribution in [3.05, 3.63) is 65.7 Å². The molecule has 0 unspecified atom stereocenters. The van der Waals surface area contributed by atoms with Gasteiger partial charge < -0.3 is 14.6 Å². The molecule has 0 aliphatic carbocycles. The van der Waals surface area contributed by atoms with Gasteiger partial charge in [0.1, 0.15) is 11.5 Å². The Balaban J connectivity index is 2.10. The lowest BCUT2D eigenvalue weighted by Crippen LogP contribution is -2.00. The second-order valence-electron chi connectivity index (χ2n) is 4.34. The highest BCUT2D eigenvalue weighted by Crippen LogP contribution is 2.24. The van der Waals surface area contributed by atoms with Crippen molar-refractivity contribution >= 4 is 11.9 Å². The fraction of sp³-hybridized carbons (Fsp3) is 0.118. The average molecular weight is 284 g/mol. The van der Waals surface area contributed by atoms with E-state index in [4.69, 9.17) is 9.47 Å². The number of hydrogen-bond donors (Lipinski definition) is 1. The summed E-state index contributed by atoms with van der Waals surface area (Å²) < 4.78 is 9.96. The molecule has 0 heterocycles. The number of rotatable bonds is 6. The fourth-order valence-electron chi connectivity index (χ4n) is 1.76. The molecule has 0 atom stereocenters. The Hall–Kier alpha value is -2.59. The van der Waals surface area contributed by atoms with E-state index in [1.165, 1.54) is 25.3 Å². The summed E-state index contributed by atoms with van der Waals surface area (Å²) >= 11 is 0. The second kappa shape index (κ2) is 7.26. The van der Waals surface area contributed by atoms with Gasteiger partial charge in [-0.25, -0.2) is 0 Å². The number of hydrogen-bond acceptors (Lipinski definition) is 4. The molecule has 0 radical (unpaired) electrons. The zero-order valence-electron chi connectivity index (χ0n) is 11.7. The van der Waals surface area contributed by atoms with E-state index >= 15 is 0 Å². The zero-order valence-corrected chi connectivity index (χ0v) is 11.7. The summed E-state index contributed by atoms with van der Waals surface area (Å²) in [5.41, 5.74) is 1.15. The summed E-state index contributed by atoms with van der Waals surface area (Å²) in [6.45, 7) is 0.0840. The third-order valence-corrected chi connectivity index (χ3v) is 2.80. The minimum absolute atomic E-state index is 0.0840. The monoisotopic (exact) mass is 284 g/mol. The van der Waals surface area contributed by atoms with E-state index in [1.807, 2.05) is 30.3 Å². The van der Waals surface area contributed by atoms with Crippen molar-refractivity contribution in [2.45, 2.75) is 0 Å². The van der Waals surface area contributed by atoms with Crippen molar-refractivity contribution in [2.24, 2.45) is 0 Å². The van der Waals surface area contributed by atoms with Crippen LogP contribution in [0.4, 0.5) is 0 Å². The van der Waals surface area contributed by atoms with Crippen LogP contribution in [0.15, 0.2) is 54.6 Å². The first kappa shape index (κ1) is 14.8. The van der Waals surface area contributed by atoms with Crippen LogP contribution < -0.4 is 4.74 Å². The highest BCUT2D eigenvalue weighted by molar-refractivity contribution is 6.08. The summed E-state index contributed by atoms with van der Waals surface area (Å²) in [6, 6.07) is 14.0. The summed E-state index contributed by atoms with van der Waals surface area (Å²) in [7, 11) is 1.51. The van der Waals surface area contributed by atoms with E-state index in [9.17, 15) is 9.90 Å². The van der Waals surface area contributed by atoms with Crippen LogP contribution >= 0.6 is 0 Å². The molecule has 2 aromatic carbocycles. The van der Waals surface area contributed by atoms with Gasteiger partial charge >= 0.3 is 0 Å². The van der Waals surface area contributed by atoms with Gasteiger partial charge in [-0.05, 0) is 23.8 Å². The largest absolute Gasteiger partial charge is 0.507 e. The van der Waals surface area contributed by atoms with E-state index in [0.29, 0.717) is 5.75 Å². The van der Waals surface area contributed by atoms with Crippen LogP contribution in [0.25, 0.3) is 6.08 Å². The van der Waals surface area contributed by atoms with Crippen molar-refractivity contribution in [3.63, 3.8) is 0 Å². The lowest BCUT2D eigenvalue weighted by molar-refractivity contribution is 0.0510. The highest BCUT2D eigenvalue weighted by Gasteiger charge is 2.09. The number of carbonyl (C=O) groups is 1. The fourth-order valence-corrected chi connectivity index (χ4v) is 1.76. The molecular formula is C17H16O4. The minimum atomic E-state index is -0.269. The molecule has 4 nitrogen and oxygen atoms in total. The van der Waals surface area contributed by atoms with Gasteiger partial charge in [0.05, 0.1) is 5.56 Å². The van der Waals surface area contributed by atoms with Crippen LogP contribution in [-0.2, 0) is 4.74 Å². The second-order valence-corrected chi connectivity index (χ2v) is 4.34. The lowest BCUT2D eigenvalue weighted by Gasteiger charge is -2.06. The Kier molecular flexibility index (Phi) is 5.12. The smallest absolute Gasteiger partial charge is 0.189 e. The number of phenolic OH excluding ortho intramolecular Hbond substituents is 1. The molecule has 0 saturated heterocycles. The summed E-state index contributed by atoms with van der Waals surface area (Å²) in [5.74, 6) is 0.0545. The third kappa shape index (κ3) is 4.19. The Bertz CT molecular complexity index is 632. The first-order valence-corrected chi connectivity index (χ1v) is 6.43. The predicted molar refractivity (Wildman–Crippen MR) is 80.4 cm³/mol. The molecule has 4 heteroatoms. The molecule has 0 aromatic heterocycles. The Labute approximate surface area is 123 Å². The highest BCUT2D eigenvalue weighted by atomic mass is 16.7. The van der Waals surface area contributed by atoms with Crippen LogP contribution in [0, 0.1) is 0 Å². The topological polar surface area (TPSA) is 55.8 Å². The predicted octanol–water partition coefficient (Wildman–Crippen LogP) is 3.27. The summed E-state index contributed by atoms with van der Waals surface area (Å²) in [6.07, 6.45) is 3.14. The van der Waals surface area contributed by atoms with E-state index in [2.05, 4.69) is 0 Å². The van der Waals surface area contributed by atoms with E-state index in [1.54, 1.807) is 12.1 Å². The van der Waals surface area contributed by atoms with Crippen molar-refractivity contribution in [1.29, 1.82) is 0 Å². The average Bonchev–Trinajstić information content (AvgIpc) is 2.51. The molecule has 0 fully saturated rings. The molecule has 0 saturated carbocycles. The Morgan fingerprint density at radius 2 is 1.95 bits per heavy atom. The number of aromatic hydroxyl groups is 1. The molecule has 2 aromatic rings. The quantitative estimate of drug-likeness (QED) is 0.502. The van der Waals surface area contributed by atoms with E-state index < -0.39 is 0 Å². The minimum Gasteiger partial charge on any atom is -0.507 e. The maximum Gasteiger partial charge on any atom is 0.189 e. The van der Waals surface area contributed by atoms with Gasteiger partial charge in [0.15, 0.2) is 12.6 Å². The molecule has 1 N–H and O–H groups in total. The molecule has 0 aliphatic rings. The van der Waals surface area contributed by atoms with Crippen LogP contribution in [-0.4, -0.2) is 24.8 Å². The molecule has 0 spiro atoms. The molecule has 0 aliphatic heterocycles. The molecule has 2 rings (SSSR count). The van der Waals surface area contributed by atoms with Crippen LogP contribution in [0.5, 0.6) is 11.5 Å². The van der Waals surface area contributed by atoms with Crippen molar-refractivity contribution < 1.29 is 19.4 Å². The normalized spacial score (nSPS) is 10.7. The number of phenols is 1. The molecular weight excluding hydrogens is 268 g/mol. The van der Waals surface area contributed by atoms with E-state index in [0.717, 1.165) is 5.56 Å². The first-order valence-electron chi connectivity index (χ1n) is 6.43. The van der Waals surface area contributed by atoms with E-state index in [-0.39, 0.29) is 23.9 Å². The first-order chi connectivity index (χ1) is 10.2. The molecule has 21 heavy (non-hydrogen) atoms. The van der Waals surface area contributed by atoms with Gasteiger partial charge in [0, 0.05) is 13.2 Å². The molecule has 0 bridgehead atoms. The molecule has 0 amide bonds. The molecule has 108 valence electrons. The van der Waals surface area contributed by atoms with Crippen molar-refractivity contribution in [1.82, 2.24) is 0 Å². The summed E-state index contributed by atoms with van der Waals surface area (Å²) in [4.78, 5) is 12.1. The number of carbonyl (C=O) groups excluding carboxylic acids is 1. The Morgan fingerprint density at radius 3 is 2.62 bits per heavy atom. The number of ketones is 1. The van der Waals surface area contributed by atoms with Gasteiger partial charge in [-0.2, -0.15) is 0 Å². The van der Waals surface area contributed by atoms with Gasteiger partial charge in [0.25, 0.3) is 0 Å². The Morgan fingerprint density at radius 1 is 1.19 bits per heavy atom. The van der Waals surface area contributed by atoms with Gasteiger partial charge in [-0.1, -0.05) is 36.4 Å². The van der Waals surface area contributed by atoms with Gasteiger partial charge in [-0.15, -0.1) is 0 Å². The number of ether oxygens (including phenoxy) is 2. The lowest BCUT2D eigenvalue weighted by atomic mass is 10.1.